The maximum absolute atomic E-state index is 5.05. The lowest BCUT2D eigenvalue weighted by Gasteiger charge is -2.32. The lowest BCUT2D eigenvalue weighted by molar-refractivity contribution is 0.197. The number of aryl methyl sites for hydroxylation is 1. The summed E-state index contributed by atoms with van der Waals surface area (Å²) < 4.78 is 5.05. The summed E-state index contributed by atoms with van der Waals surface area (Å²) in [6.45, 7) is 6.06. The average molecular weight is 250 g/mol. The van der Waals surface area contributed by atoms with Crippen molar-refractivity contribution in [3.63, 3.8) is 0 Å². The molecule has 0 unspecified atom stereocenters. The highest BCUT2D eigenvalue weighted by atomic mass is 16.5. The zero-order chi connectivity index (χ0) is 12.4. The van der Waals surface area contributed by atoms with Crippen molar-refractivity contribution in [3.8, 4) is 0 Å². The summed E-state index contributed by atoms with van der Waals surface area (Å²) in [5, 5.41) is 7.78. The molecule has 0 aromatic carbocycles. The van der Waals surface area contributed by atoms with Gasteiger partial charge in [-0.15, -0.1) is 0 Å². The van der Waals surface area contributed by atoms with Crippen molar-refractivity contribution in [2.75, 3.05) is 19.6 Å². The largest absolute Gasteiger partial charge is 0.340 e. The first kappa shape index (κ1) is 12.1. The second-order valence-corrected chi connectivity index (χ2v) is 5.71. The summed E-state index contributed by atoms with van der Waals surface area (Å²) in [4.78, 5) is 6.79. The Balaban J connectivity index is 1.67. The van der Waals surface area contributed by atoms with Crippen LogP contribution in [0.25, 0.3) is 0 Å². The molecular weight excluding hydrogens is 228 g/mol. The van der Waals surface area contributed by atoms with Crippen molar-refractivity contribution in [3.05, 3.63) is 11.7 Å². The number of nitrogens with one attached hydrogen (secondary N) is 1. The van der Waals surface area contributed by atoms with E-state index in [1.54, 1.807) is 0 Å². The average Bonchev–Trinajstić information content (AvgIpc) is 2.89. The van der Waals surface area contributed by atoms with E-state index in [4.69, 9.17) is 4.52 Å². The third-order valence-corrected chi connectivity index (χ3v) is 4.17. The van der Waals surface area contributed by atoms with Gasteiger partial charge in [-0.2, -0.15) is 4.98 Å². The van der Waals surface area contributed by atoms with Gasteiger partial charge < -0.3 is 9.84 Å². The van der Waals surface area contributed by atoms with Crippen LogP contribution in [0, 0.1) is 6.92 Å². The van der Waals surface area contributed by atoms with Gasteiger partial charge in [-0.1, -0.05) is 18.0 Å². The molecule has 1 saturated heterocycles. The maximum Gasteiger partial charge on any atom is 0.223 e. The Hall–Kier alpha value is -0.940. The van der Waals surface area contributed by atoms with Gasteiger partial charge in [-0.3, -0.25) is 4.90 Å². The minimum absolute atomic E-state index is 0.356. The summed E-state index contributed by atoms with van der Waals surface area (Å²) in [5.41, 5.74) is 0.356. The van der Waals surface area contributed by atoms with Gasteiger partial charge in [0.15, 0.2) is 5.82 Å². The van der Waals surface area contributed by atoms with E-state index in [1.165, 1.54) is 32.1 Å². The number of hydrogen-bond acceptors (Lipinski definition) is 5. The van der Waals surface area contributed by atoms with Crippen molar-refractivity contribution in [1.82, 2.24) is 20.4 Å². The fourth-order valence-corrected chi connectivity index (χ4v) is 3.35. The van der Waals surface area contributed by atoms with Crippen molar-refractivity contribution < 1.29 is 4.52 Å². The normalized spacial score (nSPS) is 24.5. The molecule has 0 amide bonds. The molecule has 1 aromatic rings. The summed E-state index contributed by atoms with van der Waals surface area (Å²) in [7, 11) is 0. The highest BCUT2D eigenvalue weighted by molar-refractivity contribution is 4.97. The molecule has 5 heteroatoms. The van der Waals surface area contributed by atoms with Crippen LogP contribution >= 0.6 is 0 Å². The predicted octanol–water partition coefficient (Wildman–Crippen LogP) is 1.49. The molecule has 1 N–H and O–H groups in total. The Bertz CT molecular complexity index is 397. The first-order valence-corrected chi connectivity index (χ1v) is 7.02. The molecule has 1 spiro atoms. The van der Waals surface area contributed by atoms with E-state index < -0.39 is 0 Å². The molecule has 0 bridgehead atoms. The summed E-state index contributed by atoms with van der Waals surface area (Å²) >= 11 is 0. The van der Waals surface area contributed by atoms with Crippen molar-refractivity contribution in [1.29, 1.82) is 0 Å². The topological polar surface area (TPSA) is 54.2 Å². The minimum atomic E-state index is 0.356. The van der Waals surface area contributed by atoms with Gasteiger partial charge in [-0.25, -0.2) is 0 Å². The zero-order valence-corrected chi connectivity index (χ0v) is 11.1. The Kier molecular flexibility index (Phi) is 3.35. The number of nitrogens with zero attached hydrogens (tertiary/aromatic N) is 3. The molecule has 1 aliphatic heterocycles. The van der Waals surface area contributed by atoms with Crippen LogP contribution < -0.4 is 5.32 Å². The molecule has 0 radical (unpaired) electrons. The van der Waals surface area contributed by atoms with E-state index in [0.717, 1.165) is 32.0 Å². The van der Waals surface area contributed by atoms with E-state index in [9.17, 15) is 0 Å². The number of aromatic nitrogens is 2. The Morgan fingerprint density at radius 2 is 2.17 bits per heavy atom. The van der Waals surface area contributed by atoms with Crippen LogP contribution in [0.4, 0.5) is 0 Å². The molecule has 2 aliphatic rings. The van der Waals surface area contributed by atoms with Crippen molar-refractivity contribution >= 4 is 0 Å². The van der Waals surface area contributed by atoms with Crippen molar-refractivity contribution in [2.24, 2.45) is 0 Å². The van der Waals surface area contributed by atoms with Gasteiger partial charge in [0.2, 0.25) is 5.89 Å². The highest BCUT2D eigenvalue weighted by Crippen LogP contribution is 2.31. The monoisotopic (exact) mass is 250 g/mol. The third-order valence-electron chi connectivity index (χ3n) is 4.17. The molecule has 0 atom stereocenters. The summed E-state index contributed by atoms with van der Waals surface area (Å²) in [6, 6.07) is 0. The molecule has 1 aromatic heterocycles. The second kappa shape index (κ2) is 4.97. The predicted molar refractivity (Wildman–Crippen MR) is 68.1 cm³/mol. The fraction of sp³-hybridized carbons (Fsp3) is 0.846. The SMILES string of the molecule is Cc1nc(CN2CCCNC3(CCCC3)C2)no1. The van der Waals surface area contributed by atoms with Crippen LogP contribution in [-0.2, 0) is 6.54 Å². The van der Waals surface area contributed by atoms with Gasteiger partial charge >= 0.3 is 0 Å². The Morgan fingerprint density at radius 3 is 2.89 bits per heavy atom. The van der Waals surface area contributed by atoms with Crippen molar-refractivity contribution in [2.45, 2.75) is 51.1 Å². The van der Waals surface area contributed by atoms with Gasteiger partial charge in [0.25, 0.3) is 0 Å². The van der Waals surface area contributed by atoms with Gasteiger partial charge in [0.05, 0.1) is 6.54 Å². The van der Waals surface area contributed by atoms with E-state index in [1.807, 2.05) is 6.92 Å². The molecule has 2 heterocycles. The van der Waals surface area contributed by atoms with E-state index in [2.05, 4.69) is 20.4 Å². The fourth-order valence-electron chi connectivity index (χ4n) is 3.35. The molecule has 18 heavy (non-hydrogen) atoms. The molecule has 100 valence electrons. The summed E-state index contributed by atoms with van der Waals surface area (Å²) in [5.74, 6) is 1.48. The smallest absolute Gasteiger partial charge is 0.223 e. The summed E-state index contributed by atoms with van der Waals surface area (Å²) in [6.07, 6.45) is 6.56. The molecule has 2 fully saturated rings. The zero-order valence-electron chi connectivity index (χ0n) is 11.1. The van der Waals surface area contributed by atoms with Gasteiger partial charge in [0, 0.05) is 19.0 Å². The maximum atomic E-state index is 5.05. The van der Waals surface area contributed by atoms with Crippen LogP contribution in [0.15, 0.2) is 4.52 Å². The number of rotatable bonds is 2. The van der Waals surface area contributed by atoms with Gasteiger partial charge in [0.1, 0.15) is 0 Å². The van der Waals surface area contributed by atoms with E-state index in [0.29, 0.717) is 11.4 Å². The molecule has 1 aliphatic carbocycles. The third kappa shape index (κ3) is 2.57. The van der Waals surface area contributed by atoms with Crippen LogP contribution in [0.5, 0.6) is 0 Å². The minimum Gasteiger partial charge on any atom is -0.340 e. The quantitative estimate of drug-likeness (QED) is 0.861. The molecular formula is C13H22N4O. The van der Waals surface area contributed by atoms with E-state index >= 15 is 0 Å². The van der Waals surface area contributed by atoms with E-state index in [-0.39, 0.29) is 0 Å². The van der Waals surface area contributed by atoms with Crippen LogP contribution in [0.3, 0.4) is 0 Å². The number of hydrogen-bond donors (Lipinski definition) is 1. The Labute approximate surface area is 108 Å². The standard InChI is InChI=1S/C13H22N4O/c1-11-15-12(16-18-11)9-17-8-4-7-14-13(10-17)5-2-3-6-13/h14H,2-10H2,1H3. The molecule has 1 saturated carbocycles. The second-order valence-electron chi connectivity index (χ2n) is 5.71. The highest BCUT2D eigenvalue weighted by Gasteiger charge is 2.36. The van der Waals surface area contributed by atoms with Crippen LogP contribution in [-0.4, -0.2) is 40.2 Å². The van der Waals surface area contributed by atoms with Crippen LogP contribution in [0.1, 0.15) is 43.8 Å². The van der Waals surface area contributed by atoms with Crippen LogP contribution in [0.2, 0.25) is 0 Å². The lowest BCUT2D eigenvalue weighted by Crippen LogP contribution is -2.49. The lowest BCUT2D eigenvalue weighted by atomic mass is 9.97. The first-order valence-electron chi connectivity index (χ1n) is 7.02. The van der Waals surface area contributed by atoms with Gasteiger partial charge in [-0.05, 0) is 32.4 Å². The Morgan fingerprint density at radius 1 is 1.33 bits per heavy atom. The molecule has 3 rings (SSSR count). The molecule has 5 nitrogen and oxygen atoms in total. The first-order chi connectivity index (χ1) is 8.76.